The molecule has 1 heterocycles. The lowest BCUT2D eigenvalue weighted by Crippen LogP contribution is -2.56. The first kappa shape index (κ1) is 13.4. The predicted molar refractivity (Wildman–Crippen MR) is 71.1 cm³/mol. The number of hydrogen-bond donors (Lipinski definition) is 0. The van der Waals surface area contributed by atoms with Gasteiger partial charge in [0, 0.05) is 25.7 Å². The minimum atomic E-state index is -0.409. The second-order valence-electron chi connectivity index (χ2n) is 4.66. The summed E-state index contributed by atoms with van der Waals surface area (Å²) in [5.41, 5.74) is 0.574. The van der Waals surface area contributed by atoms with E-state index in [2.05, 4.69) is 0 Å². The molecule has 0 bridgehead atoms. The first-order valence-corrected chi connectivity index (χ1v) is 6.24. The van der Waals surface area contributed by atoms with Gasteiger partial charge in [-0.25, -0.2) is 0 Å². The van der Waals surface area contributed by atoms with E-state index in [4.69, 9.17) is 4.74 Å². The second-order valence-corrected chi connectivity index (χ2v) is 4.66. The lowest BCUT2D eigenvalue weighted by atomic mass is 10.1. The SMILES string of the molecule is COc1ccc(C(=O)N2CCN(C)C(=O)C2C)cc1. The van der Waals surface area contributed by atoms with Crippen LogP contribution in [0.3, 0.4) is 0 Å². The third kappa shape index (κ3) is 2.54. The molecule has 1 aromatic rings. The van der Waals surface area contributed by atoms with Crippen LogP contribution in [0.5, 0.6) is 5.75 Å². The highest BCUT2D eigenvalue weighted by Crippen LogP contribution is 2.17. The fourth-order valence-electron chi connectivity index (χ4n) is 2.19. The molecule has 2 amide bonds. The highest BCUT2D eigenvalue weighted by atomic mass is 16.5. The van der Waals surface area contributed by atoms with Gasteiger partial charge in [-0.05, 0) is 31.2 Å². The molecule has 1 saturated heterocycles. The molecule has 5 heteroatoms. The van der Waals surface area contributed by atoms with Gasteiger partial charge in [-0.3, -0.25) is 9.59 Å². The Kier molecular flexibility index (Phi) is 3.74. The van der Waals surface area contributed by atoms with Crippen molar-refractivity contribution in [3.8, 4) is 5.75 Å². The lowest BCUT2D eigenvalue weighted by molar-refractivity contribution is -0.137. The van der Waals surface area contributed by atoms with Gasteiger partial charge < -0.3 is 14.5 Å². The zero-order valence-electron chi connectivity index (χ0n) is 11.4. The molecule has 0 N–H and O–H groups in total. The largest absolute Gasteiger partial charge is 0.497 e. The van der Waals surface area contributed by atoms with E-state index in [1.54, 1.807) is 55.1 Å². The molecule has 0 radical (unpaired) electrons. The van der Waals surface area contributed by atoms with Gasteiger partial charge in [0.25, 0.3) is 5.91 Å². The van der Waals surface area contributed by atoms with Crippen molar-refractivity contribution in [3.63, 3.8) is 0 Å². The first-order valence-electron chi connectivity index (χ1n) is 6.24. The average Bonchev–Trinajstić information content (AvgIpc) is 2.44. The highest BCUT2D eigenvalue weighted by Gasteiger charge is 2.32. The van der Waals surface area contributed by atoms with E-state index in [0.29, 0.717) is 24.4 Å². The van der Waals surface area contributed by atoms with Crippen LogP contribution in [0.15, 0.2) is 24.3 Å². The number of methoxy groups -OCH3 is 1. The molecule has 0 saturated carbocycles. The van der Waals surface area contributed by atoms with Crippen LogP contribution in [0.4, 0.5) is 0 Å². The Bertz CT molecular complexity index is 484. The van der Waals surface area contributed by atoms with E-state index in [1.165, 1.54) is 0 Å². The summed E-state index contributed by atoms with van der Waals surface area (Å²) in [7, 11) is 3.34. The monoisotopic (exact) mass is 262 g/mol. The first-order chi connectivity index (χ1) is 9.04. The minimum Gasteiger partial charge on any atom is -0.497 e. The van der Waals surface area contributed by atoms with Crippen molar-refractivity contribution in [2.75, 3.05) is 27.2 Å². The Morgan fingerprint density at radius 2 is 1.89 bits per heavy atom. The Labute approximate surface area is 112 Å². The van der Waals surface area contributed by atoms with E-state index in [1.807, 2.05) is 0 Å². The van der Waals surface area contributed by atoms with Crippen LogP contribution in [0.25, 0.3) is 0 Å². The van der Waals surface area contributed by atoms with Crippen LogP contribution >= 0.6 is 0 Å². The molecule has 1 aliphatic heterocycles. The van der Waals surface area contributed by atoms with Gasteiger partial charge in [0.1, 0.15) is 11.8 Å². The molecule has 1 aliphatic rings. The van der Waals surface area contributed by atoms with Gasteiger partial charge in [0.15, 0.2) is 0 Å². The molecule has 1 fully saturated rings. The normalized spacial score (nSPS) is 19.5. The number of rotatable bonds is 2. The van der Waals surface area contributed by atoms with Crippen molar-refractivity contribution < 1.29 is 14.3 Å². The Morgan fingerprint density at radius 1 is 1.26 bits per heavy atom. The number of carbonyl (C=O) groups excluding carboxylic acids is 2. The number of amides is 2. The third-order valence-corrected chi connectivity index (χ3v) is 3.48. The van der Waals surface area contributed by atoms with E-state index in [9.17, 15) is 9.59 Å². The topological polar surface area (TPSA) is 49.9 Å². The third-order valence-electron chi connectivity index (χ3n) is 3.48. The summed E-state index contributed by atoms with van der Waals surface area (Å²) in [5, 5.41) is 0. The van der Waals surface area contributed by atoms with Crippen molar-refractivity contribution in [2.45, 2.75) is 13.0 Å². The number of hydrogen-bond acceptors (Lipinski definition) is 3. The molecule has 1 aromatic carbocycles. The fraction of sp³-hybridized carbons (Fsp3) is 0.429. The molecule has 0 spiro atoms. The van der Waals surface area contributed by atoms with Gasteiger partial charge in [0.2, 0.25) is 5.91 Å². The Balaban J connectivity index is 2.16. The van der Waals surface area contributed by atoms with Crippen LogP contribution in [0.1, 0.15) is 17.3 Å². The van der Waals surface area contributed by atoms with E-state index in [-0.39, 0.29) is 11.8 Å². The number of benzene rings is 1. The molecule has 19 heavy (non-hydrogen) atoms. The van der Waals surface area contributed by atoms with Crippen LogP contribution < -0.4 is 4.74 Å². The van der Waals surface area contributed by atoms with E-state index < -0.39 is 6.04 Å². The number of nitrogens with zero attached hydrogens (tertiary/aromatic N) is 2. The van der Waals surface area contributed by atoms with Crippen molar-refractivity contribution >= 4 is 11.8 Å². The minimum absolute atomic E-state index is 0.0203. The van der Waals surface area contributed by atoms with Crippen molar-refractivity contribution in [3.05, 3.63) is 29.8 Å². The van der Waals surface area contributed by atoms with E-state index >= 15 is 0 Å². The molecule has 102 valence electrons. The van der Waals surface area contributed by atoms with Crippen LogP contribution in [0, 0.1) is 0 Å². The number of piperazine rings is 1. The maximum Gasteiger partial charge on any atom is 0.254 e. The highest BCUT2D eigenvalue weighted by molar-refractivity contribution is 5.98. The van der Waals surface area contributed by atoms with Crippen molar-refractivity contribution in [1.29, 1.82) is 0 Å². The second kappa shape index (κ2) is 5.30. The fourth-order valence-corrected chi connectivity index (χ4v) is 2.19. The summed E-state index contributed by atoms with van der Waals surface area (Å²) in [6, 6.07) is 6.52. The number of ether oxygens (including phenoxy) is 1. The number of carbonyl (C=O) groups is 2. The van der Waals surface area contributed by atoms with Crippen LogP contribution in [0.2, 0.25) is 0 Å². The summed E-state index contributed by atoms with van der Waals surface area (Å²) in [5.74, 6) is 0.573. The van der Waals surface area contributed by atoms with Gasteiger partial charge in [-0.15, -0.1) is 0 Å². The molecule has 5 nitrogen and oxygen atoms in total. The van der Waals surface area contributed by atoms with Gasteiger partial charge in [0.05, 0.1) is 7.11 Å². The van der Waals surface area contributed by atoms with Gasteiger partial charge in [-0.2, -0.15) is 0 Å². The van der Waals surface area contributed by atoms with Crippen molar-refractivity contribution in [2.24, 2.45) is 0 Å². The lowest BCUT2D eigenvalue weighted by Gasteiger charge is -2.37. The molecule has 1 atom stereocenters. The molecule has 2 rings (SSSR count). The maximum atomic E-state index is 12.4. The standard InChI is InChI=1S/C14H18N2O3/c1-10-13(17)15(2)8-9-16(10)14(18)11-4-6-12(19-3)7-5-11/h4-7,10H,8-9H2,1-3H3. The summed E-state index contributed by atoms with van der Waals surface area (Å²) < 4.78 is 5.06. The molecule has 0 aliphatic carbocycles. The summed E-state index contributed by atoms with van der Waals surface area (Å²) in [6.07, 6.45) is 0. The van der Waals surface area contributed by atoms with Crippen LogP contribution in [-0.4, -0.2) is 54.9 Å². The van der Waals surface area contributed by atoms with Crippen molar-refractivity contribution in [1.82, 2.24) is 9.80 Å². The van der Waals surface area contributed by atoms with Gasteiger partial charge in [-0.1, -0.05) is 0 Å². The average molecular weight is 262 g/mol. The quantitative estimate of drug-likeness (QED) is 0.799. The summed E-state index contributed by atoms with van der Waals surface area (Å²) in [4.78, 5) is 27.5. The maximum absolute atomic E-state index is 12.4. The number of likely N-dealkylation sites (N-methyl/N-ethyl adjacent to an activating group) is 1. The molecule has 0 aromatic heterocycles. The van der Waals surface area contributed by atoms with Crippen LogP contribution in [-0.2, 0) is 4.79 Å². The molecular formula is C14H18N2O3. The zero-order valence-corrected chi connectivity index (χ0v) is 11.4. The Morgan fingerprint density at radius 3 is 2.47 bits per heavy atom. The molecular weight excluding hydrogens is 244 g/mol. The zero-order chi connectivity index (χ0) is 14.0. The van der Waals surface area contributed by atoms with E-state index in [0.717, 1.165) is 0 Å². The Hall–Kier alpha value is -2.04. The smallest absolute Gasteiger partial charge is 0.254 e. The van der Waals surface area contributed by atoms with Gasteiger partial charge >= 0.3 is 0 Å². The summed E-state index contributed by atoms with van der Waals surface area (Å²) in [6.45, 7) is 2.90. The summed E-state index contributed by atoms with van der Waals surface area (Å²) >= 11 is 0. The predicted octanol–water partition coefficient (Wildman–Crippen LogP) is 0.998. The molecule has 1 unspecified atom stereocenters.